The number of aliphatic hydroxyl groups is 1. The van der Waals surface area contributed by atoms with E-state index in [1.807, 2.05) is 12.1 Å². The summed E-state index contributed by atoms with van der Waals surface area (Å²) in [7, 11) is 0. The van der Waals surface area contributed by atoms with Crippen molar-refractivity contribution in [2.75, 3.05) is 18.0 Å². The Kier molecular flexibility index (Phi) is 5.42. The maximum absolute atomic E-state index is 9.58. The molecule has 0 amide bonds. The van der Waals surface area contributed by atoms with E-state index in [1.165, 1.54) is 6.42 Å². The van der Waals surface area contributed by atoms with Crippen LogP contribution >= 0.6 is 0 Å². The first-order valence-corrected chi connectivity index (χ1v) is 6.47. The number of hydrogen-bond acceptors (Lipinski definition) is 3. The van der Waals surface area contributed by atoms with Gasteiger partial charge in [0, 0.05) is 19.3 Å². The third-order valence-corrected chi connectivity index (χ3v) is 3.19. The number of rotatable bonds is 6. The van der Waals surface area contributed by atoms with E-state index in [2.05, 4.69) is 30.7 Å². The van der Waals surface area contributed by atoms with Gasteiger partial charge in [-0.3, -0.25) is 0 Å². The van der Waals surface area contributed by atoms with Crippen LogP contribution in [0.4, 0.5) is 5.82 Å². The van der Waals surface area contributed by atoms with Crippen molar-refractivity contribution in [2.24, 2.45) is 5.92 Å². The van der Waals surface area contributed by atoms with Gasteiger partial charge >= 0.3 is 0 Å². The van der Waals surface area contributed by atoms with Gasteiger partial charge in [0.05, 0.1) is 6.10 Å². The Labute approximate surface area is 104 Å². The monoisotopic (exact) mass is 236 g/mol. The molecular formula is C14H24N2O. The van der Waals surface area contributed by atoms with Gasteiger partial charge < -0.3 is 10.0 Å². The second kappa shape index (κ2) is 6.60. The van der Waals surface area contributed by atoms with E-state index < -0.39 is 6.10 Å². The van der Waals surface area contributed by atoms with Gasteiger partial charge in [0.25, 0.3) is 0 Å². The van der Waals surface area contributed by atoms with Crippen LogP contribution < -0.4 is 4.90 Å². The van der Waals surface area contributed by atoms with E-state index in [4.69, 9.17) is 0 Å². The molecule has 0 aliphatic heterocycles. The summed E-state index contributed by atoms with van der Waals surface area (Å²) in [5, 5.41) is 9.58. The Hall–Kier alpha value is -1.09. The number of pyridine rings is 1. The minimum atomic E-state index is -0.431. The zero-order valence-electron chi connectivity index (χ0n) is 11.3. The van der Waals surface area contributed by atoms with Crippen molar-refractivity contribution in [3.05, 3.63) is 23.9 Å². The van der Waals surface area contributed by atoms with Crippen LogP contribution in [-0.2, 0) is 0 Å². The number of hydrogen-bond donors (Lipinski definition) is 1. The second-order valence-electron chi connectivity index (χ2n) is 4.68. The van der Waals surface area contributed by atoms with Crippen LogP contribution in [0.15, 0.2) is 18.3 Å². The Balaban J connectivity index is 2.84. The molecular weight excluding hydrogens is 212 g/mol. The number of aliphatic hydroxyl groups excluding tert-OH is 1. The van der Waals surface area contributed by atoms with Crippen molar-refractivity contribution in [2.45, 2.75) is 40.2 Å². The number of anilines is 1. The maximum atomic E-state index is 9.58. The predicted octanol–water partition coefficient (Wildman–Crippen LogP) is 3.01. The highest BCUT2D eigenvalue weighted by Gasteiger charge is 2.11. The van der Waals surface area contributed by atoms with E-state index in [0.29, 0.717) is 5.92 Å². The van der Waals surface area contributed by atoms with Crippen molar-refractivity contribution in [1.29, 1.82) is 0 Å². The summed E-state index contributed by atoms with van der Waals surface area (Å²) < 4.78 is 0. The third kappa shape index (κ3) is 4.00. The molecule has 1 N–H and O–H groups in total. The number of nitrogens with zero attached hydrogens (tertiary/aromatic N) is 2. The molecule has 0 saturated heterocycles. The Morgan fingerprint density at radius 3 is 2.59 bits per heavy atom. The molecule has 0 aliphatic carbocycles. The number of aromatic nitrogens is 1. The lowest BCUT2D eigenvalue weighted by molar-refractivity contribution is 0.199. The molecule has 1 unspecified atom stereocenters. The SMILES string of the molecule is CCC(C)CN(CC)c1cc([C@H](C)O)ccn1. The summed E-state index contributed by atoms with van der Waals surface area (Å²) in [5.74, 6) is 1.62. The van der Waals surface area contributed by atoms with Gasteiger partial charge in [-0.2, -0.15) is 0 Å². The van der Waals surface area contributed by atoms with Crippen molar-refractivity contribution in [1.82, 2.24) is 4.98 Å². The van der Waals surface area contributed by atoms with Crippen LogP contribution in [0.5, 0.6) is 0 Å². The largest absolute Gasteiger partial charge is 0.389 e. The molecule has 1 aromatic heterocycles. The van der Waals surface area contributed by atoms with E-state index >= 15 is 0 Å². The first-order chi connectivity index (χ1) is 8.08. The van der Waals surface area contributed by atoms with Crippen molar-refractivity contribution in [3.63, 3.8) is 0 Å². The van der Waals surface area contributed by atoms with Crippen molar-refractivity contribution >= 4 is 5.82 Å². The molecule has 3 heteroatoms. The smallest absolute Gasteiger partial charge is 0.128 e. The minimum Gasteiger partial charge on any atom is -0.389 e. The van der Waals surface area contributed by atoms with Gasteiger partial charge in [0.2, 0.25) is 0 Å². The molecule has 1 rings (SSSR count). The summed E-state index contributed by atoms with van der Waals surface area (Å²) in [6, 6.07) is 3.85. The van der Waals surface area contributed by atoms with Crippen LogP contribution in [0.1, 0.15) is 45.8 Å². The minimum absolute atomic E-state index is 0.431. The molecule has 1 aromatic rings. The zero-order valence-corrected chi connectivity index (χ0v) is 11.3. The lowest BCUT2D eigenvalue weighted by Crippen LogP contribution is -2.28. The van der Waals surface area contributed by atoms with Crippen LogP contribution in [0, 0.1) is 5.92 Å². The molecule has 0 radical (unpaired) electrons. The van der Waals surface area contributed by atoms with Crippen molar-refractivity contribution in [3.8, 4) is 0 Å². The molecule has 17 heavy (non-hydrogen) atoms. The van der Waals surface area contributed by atoms with Gasteiger partial charge in [0.1, 0.15) is 5.82 Å². The van der Waals surface area contributed by atoms with Crippen LogP contribution in [0.3, 0.4) is 0 Å². The average molecular weight is 236 g/mol. The quantitative estimate of drug-likeness (QED) is 0.825. The molecule has 1 heterocycles. The fourth-order valence-electron chi connectivity index (χ4n) is 1.76. The Bertz CT molecular complexity index is 339. The fourth-order valence-corrected chi connectivity index (χ4v) is 1.76. The normalized spacial score (nSPS) is 14.4. The molecule has 0 aliphatic rings. The Morgan fingerprint density at radius 2 is 2.06 bits per heavy atom. The molecule has 0 spiro atoms. The Morgan fingerprint density at radius 1 is 1.35 bits per heavy atom. The first-order valence-electron chi connectivity index (χ1n) is 6.47. The molecule has 0 saturated carbocycles. The summed E-state index contributed by atoms with van der Waals surface area (Å²) in [5.41, 5.74) is 0.928. The highest BCUT2D eigenvalue weighted by Crippen LogP contribution is 2.19. The predicted molar refractivity (Wildman–Crippen MR) is 72.2 cm³/mol. The molecule has 2 atom stereocenters. The van der Waals surface area contributed by atoms with Gasteiger partial charge in [-0.1, -0.05) is 20.3 Å². The van der Waals surface area contributed by atoms with Gasteiger partial charge in [-0.15, -0.1) is 0 Å². The summed E-state index contributed by atoms with van der Waals surface area (Å²) in [6.45, 7) is 10.3. The maximum Gasteiger partial charge on any atom is 0.128 e. The van der Waals surface area contributed by atoms with E-state index in [1.54, 1.807) is 13.1 Å². The lowest BCUT2D eigenvalue weighted by Gasteiger charge is -2.25. The van der Waals surface area contributed by atoms with Gasteiger partial charge in [-0.05, 0) is 37.5 Å². The zero-order chi connectivity index (χ0) is 12.8. The highest BCUT2D eigenvalue weighted by atomic mass is 16.3. The van der Waals surface area contributed by atoms with E-state index in [-0.39, 0.29) is 0 Å². The molecule has 0 bridgehead atoms. The first kappa shape index (κ1) is 14.0. The summed E-state index contributed by atoms with van der Waals surface area (Å²) in [4.78, 5) is 6.66. The molecule has 96 valence electrons. The molecule has 0 aromatic carbocycles. The molecule has 3 nitrogen and oxygen atoms in total. The van der Waals surface area contributed by atoms with E-state index in [0.717, 1.165) is 24.5 Å². The summed E-state index contributed by atoms with van der Waals surface area (Å²) in [6.07, 6.45) is 2.52. The highest BCUT2D eigenvalue weighted by molar-refractivity contribution is 5.41. The van der Waals surface area contributed by atoms with Crippen molar-refractivity contribution < 1.29 is 5.11 Å². The van der Waals surface area contributed by atoms with Crippen LogP contribution in [0.2, 0.25) is 0 Å². The standard InChI is InChI=1S/C14H24N2O/c1-5-11(3)10-16(6-2)14-9-13(12(4)17)7-8-15-14/h7-9,11-12,17H,5-6,10H2,1-4H3/t11?,12-/m0/s1. The summed E-state index contributed by atoms with van der Waals surface area (Å²) >= 11 is 0. The van der Waals surface area contributed by atoms with E-state index in [9.17, 15) is 5.11 Å². The fraction of sp³-hybridized carbons (Fsp3) is 0.643. The molecule has 0 fully saturated rings. The van der Waals surface area contributed by atoms with Gasteiger partial charge in [-0.25, -0.2) is 4.98 Å². The van der Waals surface area contributed by atoms with Crippen LogP contribution in [0.25, 0.3) is 0 Å². The second-order valence-corrected chi connectivity index (χ2v) is 4.68. The lowest BCUT2D eigenvalue weighted by atomic mass is 10.1. The van der Waals surface area contributed by atoms with Gasteiger partial charge in [0.15, 0.2) is 0 Å². The average Bonchev–Trinajstić information content (AvgIpc) is 2.35. The topological polar surface area (TPSA) is 36.4 Å². The third-order valence-electron chi connectivity index (χ3n) is 3.19. The van der Waals surface area contributed by atoms with Crippen LogP contribution in [-0.4, -0.2) is 23.2 Å².